The molecule has 0 unspecified atom stereocenters. The number of ether oxygens (including phenoxy) is 1. The first-order valence-electron chi connectivity index (χ1n) is 6.32. The molecule has 0 aliphatic carbocycles. The van der Waals surface area contributed by atoms with Crippen LogP contribution in [0.15, 0.2) is 12.1 Å². The van der Waals surface area contributed by atoms with E-state index in [9.17, 15) is 0 Å². The molecule has 3 heteroatoms. The molecule has 1 aliphatic heterocycles. The van der Waals surface area contributed by atoms with Crippen molar-refractivity contribution in [3.05, 3.63) is 23.3 Å². The molecule has 0 bridgehead atoms. The number of nitrogens with zero attached hydrogens (tertiary/aromatic N) is 1. The summed E-state index contributed by atoms with van der Waals surface area (Å²) in [4.78, 5) is 2.32. The van der Waals surface area contributed by atoms with E-state index in [1.54, 1.807) is 7.11 Å². The fourth-order valence-electron chi connectivity index (χ4n) is 2.59. The number of nitrogens with one attached hydrogen (secondary N) is 1. The van der Waals surface area contributed by atoms with Gasteiger partial charge in [-0.1, -0.05) is 6.07 Å². The molecule has 0 aromatic heterocycles. The Morgan fingerprint density at radius 1 is 1.41 bits per heavy atom. The van der Waals surface area contributed by atoms with Crippen LogP contribution in [-0.4, -0.2) is 34.3 Å². The van der Waals surface area contributed by atoms with E-state index in [-0.39, 0.29) is 0 Å². The highest BCUT2D eigenvalue weighted by Gasteiger charge is 2.19. The van der Waals surface area contributed by atoms with Crippen LogP contribution >= 0.6 is 0 Å². The second-order valence-corrected chi connectivity index (χ2v) is 4.63. The average molecular weight is 234 g/mol. The Bertz CT molecular complexity index is 390. The van der Waals surface area contributed by atoms with Crippen LogP contribution in [-0.2, 0) is 12.8 Å². The lowest BCUT2D eigenvalue weighted by atomic mass is 9.96. The molecule has 0 saturated carbocycles. The maximum Gasteiger partial charge on any atom is 0.127 e. The Kier molecular flexibility index (Phi) is 3.89. The monoisotopic (exact) mass is 234 g/mol. The number of anilines is 1. The van der Waals surface area contributed by atoms with Crippen LogP contribution in [0.2, 0.25) is 0 Å². The van der Waals surface area contributed by atoms with Gasteiger partial charge >= 0.3 is 0 Å². The SMILES string of the molecule is CNCCc1ccc2c(c1OC)CCCN2C. The Labute approximate surface area is 104 Å². The average Bonchev–Trinajstić information content (AvgIpc) is 2.36. The predicted molar refractivity (Wildman–Crippen MR) is 72.2 cm³/mol. The van der Waals surface area contributed by atoms with Crippen molar-refractivity contribution < 1.29 is 4.74 Å². The zero-order valence-corrected chi connectivity index (χ0v) is 11.0. The molecule has 1 aromatic carbocycles. The standard InChI is InChI=1S/C14H22N2O/c1-15-9-8-11-6-7-13-12(14(11)17-3)5-4-10-16(13)2/h6-7,15H,4-5,8-10H2,1-3H3. The van der Waals surface area contributed by atoms with E-state index in [1.165, 1.54) is 23.2 Å². The summed E-state index contributed by atoms with van der Waals surface area (Å²) < 4.78 is 5.63. The van der Waals surface area contributed by atoms with Crippen molar-refractivity contribution in [2.45, 2.75) is 19.3 Å². The lowest BCUT2D eigenvalue weighted by molar-refractivity contribution is 0.402. The van der Waals surface area contributed by atoms with Crippen molar-refractivity contribution in [1.82, 2.24) is 5.32 Å². The van der Waals surface area contributed by atoms with E-state index >= 15 is 0 Å². The maximum absolute atomic E-state index is 5.63. The first-order chi connectivity index (χ1) is 8.27. The van der Waals surface area contributed by atoms with Gasteiger partial charge in [-0.2, -0.15) is 0 Å². The molecule has 2 rings (SSSR count). The van der Waals surface area contributed by atoms with Crippen LogP contribution in [0.4, 0.5) is 5.69 Å². The molecule has 0 spiro atoms. The van der Waals surface area contributed by atoms with Crippen molar-refractivity contribution in [1.29, 1.82) is 0 Å². The molecule has 3 nitrogen and oxygen atoms in total. The van der Waals surface area contributed by atoms with Gasteiger partial charge in [0, 0.05) is 24.8 Å². The summed E-state index contributed by atoms with van der Waals surface area (Å²) in [6.45, 7) is 2.14. The van der Waals surface area contributed by atoms with Crippen LogP contribution in [0.3, 0.4) is 0 Å². The third kappa shape index (κ3) is 2.39. The minimum Gasteiger partial charge on any atom is -0.496 e. The van der Waals surface area contributed by atoms with Crippen LogP contribution in [0.5, 0.6) is 5.75 Å². The largest absolute Gasteiger partial charge is 0.496 e. The molecule has 0 atom stereocenters. The number of methoxy groups -OCH3 is 1. The number of rotatable bonds is 4. The first kappa shape index (κ1) is 12.2. The van der Waals surface area contributed by atoms with Gasteiger partial charge in [0.15, 0.2) is 0 Å². The summed E-state index contributed by atoms with van der Waals surface area (Å²) in [6.07, 6.45) is 3.38. The Morgan fingerprint density at radius 3 is 2.94 bits per heavy atom. The van der Waals surface area contributed by atoms with Gasteiger partial charge in [0.25, 0.3) is 0 Å². The predicted octanol–water partition coefficient (Wildman–Crippen LogP) is 1.84. The number of likely N-dealkylation sites (N-methyl/N-ethyl adjacent to an activating group) is 1. The van der Waals surface area contributed by atoms with Gasteiger partial charge in [0.2, 0.25) is 0 Å². The van der Waals surface area contributed by atoms with Gasteiger partial charge < -0.3 is 15.0 Å². The van der Waals surface area contributed by atoms with Crippen molar-refractivity contribution in [2.24, 2.45) is 0 Å². The molecular formula is C14H22N2O. The van der Waals surface area contributed by atoms with Crippen molar-refractivity contribution in [3.63, 3.8) is 0 Å². The zero-order chi connectivity index (χ0) is 12.3. The summed E-state index contributed by atoms with van der Waals surface area (Å²) in [6, 6.07) is 4.44. The summed E-state index contributed by atoms with van der Waals surface area (Å²) in [5.41, 5.74) is 4.03. The van der Waals surface area contributed by atoms with Crippen LogP contribution in [0.25, 0.3) is 0 Å². The van der Waals surface area contributed by atoms with Gasteiger partial charge in [0.1, 0.15) is 5.75 Å². The fourth-order valence-corrected chi connectivity index (χ4v) is 2.59. The normalized spacial score (nSPS) is 14.6. The maximum atomic E-state index is 5.63. The van der Waals surface area contributed by atoms with Gasteiger partial charge in [0.05, 0.1) is 7.11 Å². The summed E-state index contributed by atoms with van der Waals surface area (Å²) in [7, 11) is 5.93. The Balaban J connectivity index is 2.37. The highest BCUT2D eigenvalue weighted by Crippen LogP contribution is 2.36. The van der Waals surface area contributed by atoms with Gasteiger partial charge in [-0.15, -0.1) is 0 Å². The van der Waals surface area contributed by atoms with Crippen molar-refractivity contribution in [3.8, 4) is 5.75 Å². The highest BCUT2D eigenvalue weighted by atomic mass is 16.5. The molecule has 0 fully saturated rings. The summed E-state index contributed by atoms with van der Waals surface area (Å²) in [5.74, 6) is 1.10. The second-order valence-electron chi connectivity index (χ2n) is 4.63. The highest BCUT2D eigenvalue weighted by molar-refractivity contribution is 5.63. The van der Waals surface area contributed by atoms with Crippen molar-refractivity contribution in [2.75, 3.05) is 39.2 Å². The molecule has 17 heavy (non-hydrogen) atoms. The van der Waals surface area contributed by atoms with Crippen LogP contribution in [0, 0.1) is 0 Å². The molecule has 0 radical (unpaired) electrons. The zero-order valence-electron chi connectivity index (χ0n) is 11.0. The number of fused-ring (bicyclic) bond motifs is 1. The number of hydrogen-bond donors (Lipinski definition) is 1. The van der Waals surface area contributed by atoms with E-state index in [1.807, 2.05) is 7.05 Å². The first-order valence-corrected chi connectivity index (χ1v) is 6.32. The molecular weight excluding hydrogens is 212 g/mol. The molecule has 1 heterocycles. The third-order valence-corrected chi connectivity index (χ3v) is 3.50. The van der Waals surface area contributed by atoms with E-state index < -0.39 is 0 Å². The minimum absolute atomic E-state index is 0.991. The third-order valence-electron chi connectivity index (χ3n) is 3.50. The minimum atomic E-state index is 0.991. The van der Waals surface area contributed by atoms with Crippen LogP contribution < -0.4 is 15.0 Å². The lowest BCUT2D eigenvalue weighted by Gasteiger charge is -2.29. The molecule has 0 amide bonds. The smallest absolute Gasteiger partial charge is 0.127 e. The summed E-state index contributed by atoms with van der Waals surface area (Å²) in [5, 5.41) is 3.19. The van der Waals surface area contributed by atoms with Crippen LogP contribution in [0.1, 0.15) is 17.5 Å². The topological polar surface area (TPSA) is 24.5 Å². The molecule has 1 N–H and O–H groups in total. The van der Waals surface area contributed by atoms with Crippen molar-refractivity contribution >= 4 is 5.69 Å². The van der Waals surface area contributed by atoms with Gasteiger partial charge in [-0.25, -0.2) is 0 Å². The van der Waals surface area contributed by atoms with E-state index in [0.29, 0.717) is 0 Å². The lowest BCUT2D eigenvalue weighted by Crippen LogP contribution is -2.25. The van der Waals surface area contributed by atoms with Gasteiger partial charge in [-0.3, -0.25) is 0 Å². The quantitative estimate of drug-likeness (QED) is 0.860. The number of hydrogen-bond acceptors (Lipinski definition) is 3. The molecule has 1 aliphatic rings. The van der Waals surface area contributed by atoms with E-state index in [0.717, 1.165) is 31.7 Å². The molecule has 0 saturated heterocycles. The molecule has 1 aromatic rings. The molecule has 94 valence electrons. The fraction of sp³-hybridized carbons (Fsp3) is 0.571. The van der Waals surface area contributed by atoms with Gasteiger partial charge in [-0.05, 0) is 44.5 Å². The summed E-state index contributed by atoms with van der Waals surface area (Å²) >= 11 is 0. The Morgan fingerprint density at radius 2 is 2.24 bits per heavy atom. The second kappa shape index (κ2) is 5.41. The van der Waals surface area contributed by atoms with E-state index in [2.05, 4.69) is 29.4 Å². The number of benzene rings is 1. The van der Waals surface area contributed by atoms with E-state index in [4.69, 9.17) is 4.74 Å². The Hall–Kier alpha value is -1.22.